The van der Waals surface area contributed by atoms with Crippen molar-refractivity contribution in [2.75, 3.05) is 0 Å². The van der Waals surface area contributed by atoms with Crippen LogP contribution in [0.1, 0.15) is 35.0 Å². The van der Waals surface area contributed by atoms with Crippen molar-refractivity contribution < 1.29 is 14.3 Å². The van der Waals surface area contributed by atoms with Crippen LogP contribution in [0, 0.1) is 0 Å². The number of aromatic carboxylic acids is 1. The molecule has 0 bridgehead atoms. The van der Waals surface area contributed by atoms with E-state index in [2.05, 4.69) is 4.98 Å². The number of fused-ring (bicyclic) bond motifs is 1. The second-order valence-electron chi connectivity index (χ2n) is 5.12. The highest BCUT2D eigenvalue weighted by molar-refractivity contribution is 5.92. The maximum atomic E-state index is 10.9. The average molecular weight is 305 g/mol. The van der Waals surface area contributed by atoms with E-state index >= 15 is 0 Å². The van der Waals surface area contributed by atoms with Gasteiger partial charge in [-0.25, -0.2) is 9.78 Å². The normalized spacial score (nSPS) is 14.1. The van der Waals surface area contributed by atoms with E-state index in [9.17, 15) is 4.79 Å². The minimum absolute atomic E-state index is 0. The Bertz CT molecular complexity index is 817. The first-order chi connectivity index (χ1) is 9.70. The summed E-state index contributed by atoms with van der Waals surface area (Å²) < 4.78 is 7.21. The van der Waals surface area contributed by atoms with Gasteiger partial charge in [-0.3, -0.25) is 0 Å². The maximum Gasteiger partial charge on any atom is 0.371 e. The van der Waals surface area contributed by atoms with Crippen molar-refractivity contribution in [3.63, 3.8) is 0 Å². The molecule has 2 heterocycles. The quantitative estimate of drug-likeness (QED) is 0.802. The number of imidazole rings is 1. The number of halogens is 1. The lowest BCUT2D eigenvalue weighted by Gasteiger charge is -2.00. The first kappa shape index (κ1) is 13.7. The second kappa shape index (κ2) is 4.93. The van der Waals surface area contributed by atoms with Crippen LogP contribution in [0.5, 0.6) is 0 Å². The van der Waals surface area contributed by atoms with Crippen LogP contribution in [0.15, 0.2) is 41.2 Å². The Morgan fingerprint density at radius 1 is 1.33 bits per heavy atom. The number of nitrogens with zero attached hydrogens (tertiary/aromatic N) is 2. The molecule has 0 unspecified atom stereocenters. The SMILES string of the molecule is Cl.O=C(O)c1cc2cc(-n3cnc(C4CC4)c3)ccc2o1. The van der Waals surface area contributed by atoms with E-state index in [4.69, 9.17) is 9.52 Å². The lowest BCUT2D eigenvalue weighted by atomic mass is 10.2. The minimum atomic E-state index is -1.05. The predicted octanol–water partition coefficient (Wildman–Crippen LogP) is 3.62. The van der Waals surface area contributed by atoms with Crippen molar-refractivity contribution in [2.24, 2.45) is 0 Å². The van der Waals surface area contributed by atoms with Crippen molar-refractivity contribution in [3.05, 3.63) is 48.2 Å². The number of aromatic nitrogens is 2. The number of rotatable bonds is 3. The Morgan fingerprint density at radius 3 is 2.86 bits per heavy atom. The molecule has 2 aromatic heterocycles. The molecule has 4 rings (SSSR count). The van der Waals surface area contributed by atoms with Gasteiger partial charge in [0.15, 0.2) is 0 Å². The zero-order chi connectivity index (χ0) is 13.7. The Balaban J connectivity index is 0.00000132. The molecule has 0 spiro atoms. The summed E-state index contributed by atoms with van der Waals surface area (Å²) in [6.45, 7) is 0. The third-order valence-corrected chi connectivity index (χ3v) is 3.61. The average Bonchev–Trinajstić information content (AvgIpc) is 3.03. The van der Waals surface area contributed by atoms with Gasteiger partial charge in [0.2, 0.25) is 5.76 Å². The van der Waals surface area contributed by atoms with Crippen LogP contribution in [0.3, 0.4) is 0 Å². The van der Waals surface area contributed by atoms with E-state index in [1.54, 1.807) is 18.5 Å². The number of furan rings is 1. The Kier molecular flexibility index (Phi) is 3.22. The lowest BCUT2D eigenvalue weighted by molar-refractivity contribution is 0.0665. The van der Waals surface area contributed by atoms with E-state index in [1.165, 1.54) is 12.8 Å². The Hall–Kier alpha value is -2.27. The number of hydrogen-bond acceptors (Lipinski definition) is 3. The molecule has 1 N–H and O–H groups in total. The van der Waals surface area contributed by atoms with Crippen molar-refractivity contribution in [1.82, 2.24) is 9.55 Å². The van der Waals surface area contributed by atoms with Crippen LogP contribution in [-0.4, -0.2) is 20.6 Å². The fraction of sp³-hybridized carbons (Fsp3) is 0.200. The summed E-state index contributed by atoms with van der Waals surface area (Å²) in [6, 6.07) is 7.13. The molecule has 108 valence electrons. The Labute approximate surface area is 126 Å². The van der Waals surface area contributed by atoms with Gasteiger partial charge in [-0.15, -0.1) is 12.4 Å². The molecule has 21 heavy (non-hydrogen) atoms. The van der Waals surface area contributed by atoms with Gasteiger partial charge >= 0.3 is 5.97 Å². The summed E-state index contributed by atoms with van der Waals surface area (Å²) in [5, 5.41) is 9.71. The molecule has 0 aliphatic heterocycles. The van der Waals surface area contributed by atoms with Gasteiger partial charge in [0, 0.05) is 23.2 Å². The van der Waals surface area contributed by atoms with Crippen LogP contribution >= 0.6 is 12.4 Å². The smallest absolute Gasteiger partial charge is 0.371 e. The molecule has 1 saturated carbocycles. The molecule has 0 radical (unpaired) electrons. The summed E-state index contributed by atoms with van der Waals surface area (Å²) in [5.74, 6) is -0.477. The van der Waals surface area contributed by atoms with Crippen LogP contribution in [-0.2, 0) is 0 Å². The van der Waals surface area contributed by atoms with Gasteiger partial charge in [-0.1, -0.05) is 0 Å². The van der Waals surface area contributed by atoms with Gasteiger partial charge in [0.25, 0.3) is 0 Å². The van der Waals surface area contributed by atoms with Crippen molar-refractivity contribution in [1.29, 1.82) is 0 Å². The van der Waals surface area contributed by atoms with Crippen LogP contribution in [0.25, 0.3) is 16.7 Å². The fourth-order valence-electron chi connectivity index (χ4n) is 2.37. The lowest BCUT2D eigenvalue weighted by Crippen LogP contribution is -1.91. The summed E-state index contributed by atoms with van der Waals surface area (Å²) >= 11 is 0. The topological polar surface area (TPSA) is 68.3 Å². The molecule has 5 nitrogen and oxygen atoms in total. The van der Waals surface area contributed by atoms with Gasteiger partial charge in [0.1, 0.15) is 5.58 Å². The standard InChI is InChI=1S/C15H12N2O3.ClH/c18-15(19)14-6-10-5-11(3-4-13(10)20-14)17-7-12(16-8-17)9-1-2-9;/h3-9H,1-2H2,(H,18,19);1H. The molecule has 1 aromatic carbocycles. The second-order valence-corrected chi connectivity index (χ2v) is 5.12. The molecule has 0 atom stereocenters. The highest BCUT2D eigenvalue weighted by Crippen LogP contribution is 2.39. The molecule has 1 fully saturated rings. The first-order valence-electron chi connectivity index (χ1n) is 6.52. The molecule has 1 aliphatic rings. The van der Waals surface area contributed by atoms with E-state index in [0.717, 1.165) is 16.8 Å². The fourth-order valence-corrected chi connectivity index (χ4v) is 2.37. The van der Waals surface area contributed by atoms with Crippen LogP contribution in [0.2, 0.25) is 0 Å². The van der Waals surface area contributed by atoms with Crippen molar-refractivity contribution in [3.8, 4) is 5.69 Å². The molecule has 3 aromatic rings. The minimum Gasteiger partial charge on any atom is -0.475 e. The number of carboxylic acid groups (broad SMARTS) is 1. The summed E-state index contributed by atoms with van der Waals surface area (Å²) in [6.07, 6.45) is 6.28. The third kappa shape index (κ3) is 2.40. The van der Waals surface area contributed by atoms with Gasteiger partial charge < -0.3 is 14.1 Å². The zero-order valence-corrected chi connectivity index (χ0v) is 11.8. The number of benzene rings is 1. The molecule has 0 saturated heterocycles. The van der Waals surface area contributed by atoms with Crippen LogP contribution < -0.4 is 0 Å². The monoisotopic (exact) mass is 304 g/mol. The van der Waals surface area contributed by atoms with Gasteiger partial charge in [0.05, 0.1) is 12.0 Å². The van der Waals surface area contributed by atoms with Gasteiger partial charge in [-0.2, -0.15) is 0 Å². The maximum absolute atomic E-state index is 10.9. The highest BCUT2D eigenvalue weighted by Gasteiger charge is 2.25. The number of hydrogen-bond donors (Lipinski definition) is 1. The molecule has 6 heteroatoms. The van der Waals surface area contributed by atoms with Crippen molar-refractivity contribution in [2.45, 2.75) is 18.8 Å². The van der Waals surface area contributed by atoms with E-state index in [1.807, 2.05) is 22.9 Å². The van der Waals surface area contributed by atoms with E-state index in [0.29, 0.717) is 11.5 Å². The zero-order valence-electron chi connectivity index (χ0n) is 11.0. The number of carbonyl (C=O) groups is 1. The molecular weight excluding hydrogens is 292 g/mol. The predicted molar refractivity (Wildman–Crippen MR) is 79.5 cm³/mol. The summed E-state index contributed by atoms with van der Waals surface area (Å²) in [4.78, 5) is 15.3. The van der Waals surface area contributed by atoms with E-state index in [-0.39, 0.29) is 18.2 Å². The highest BCUT2D eigenvalue weighted by atomic mass is 35.5. The molecular formula is C15H13ClN2O3. The third-order valence-electron chi connectivity index (χ3n) is 3.61. The Morgan fingerprint density at radius 2 is 2.14 bits per heavy atom. The summed E-state index contributed by atoms with van der Waals surface area (Å²) in [7, 11) is 0. The van der Waals surface area contributed by atoms with E-state index < -0.39 is 5.97 Å². The largest absolute Gasteiger partial charge is 0.475 e. The first-order valence-corrected chi connectivity index (χ1v) is 6.52. The molecule has 0 amide bonds. The number of carboxylic acids is 1. The molecule has 1 aliphatic carbocycles. The van der Waals surface area contributed by atoms with Crippen LogP contribution in [0.4, 0.5) is 0 Å². The van der Waals surface area contributed by atoms with Gasteiger partial charge in [-0.05, 0) is 37.1 Å². The summed E-state index contributed by atoms with van der Waals surface area (Å²) in [5.41, 5.74) is 2.66. The van der Waals surface area contributed by atoms with Crippen molar-refractivity contribution >= 4 is 29.3 Å².